The van der Waals surface area contributed by atoms with Crippen LogP contribution in [-0.2, 0) is 19.0 Å². The van der Waals surface area contributed by atoms with Gasteiger partial charge in [0, 0.05) is 19.8 Å². The van der Waals surface area contributed by atoms with Crippen LogP contribution < -0.4 is 0 Å². The van der Waals surface area contributed by atoms with Crippen molar-refractivity contribution in [2.45, 2.75) is 45.1 Å². The van der Waals surface area contributed by atoms with Gasteiger partial charge in [0.05, 0.1) is 18.6 Å². The molecule has 0 aromatic rings. The van der Waals surface area contributed by atoms with E-state index in [0.717, 1.165) is 25.7 Å². The third kappa shape index (κ3) is 3.37. The van der Waals surface area contributed by atoms with E-state index >= 15 is 0 Å². The molecule has 1 aliphatic carbocycles. The minimum Gasteiger partial charge on any atom is -0.455 e. The predicted octanol–water partition coefficient (Wildman–Crippen LogP) is 2.72. The van der Waals surface area contributed by atoms with Crippen LogP contribution in [0.4, 0.5) is 0 Å². The van der Waals surface area contributed by atoms with Gasteiger partial charge in [-0.05, 0) is 32.6 Å². The summed E-state index contributed by atoms with van der Waals surface area (Å²) in [7, 11) is 3.33. The summed E-state index contributed by atoms with van der Waals surface area (Å²) in [5, 5.41) is 0. The molecule has 0 atom stereocenters. The maximum Gasteiger partial charge on any atom is 0.333 e. The van der Waals surface area contributed by atoms with Gasteiger partial charge in [0.1, 0.15) is 5.60 Å². The molecule has 0 radical (unpaired) electrons. The highest BCUT2D eigenvalue weighted by Crippen LogP contribution is 2.47. The van der Waals surface area contributed by atoms with Gasteiger partial charge in [-0.3, -0.25) is 0 Å². The highest BCUT2D eigenvalue weighted by Gasteiger charge is 2.53. The molecule has 4 nitrogen and oxygen atoms in total. The van der Waals surface area contributed by atoms with Gasteiger partial charge in [-0.25, -0.2) is 4.79 Å². The second kappa shape index (κ2) is 6.53. The summed E-state index contributed by atoms with van der Waals surface area (Å²) in [4.78, 5) is 12.0. The number of ether oxygens (including phenoxy) is 3. The maximum atomic E-state index is 12.0. The zero-order chi connectivity index (χ0) is 14.5. The van der Waals surface area contributed by atoms with Crippen LogP contribution in [0.2, 0.25) is 0 Å². The van der Waals surface area contributed by atoms with E-state index in [2.05, 4.69) is 13.5 Å². The Morgan fingerprint density at radius 3 is 2.05 bits per heavy atom. The molecular weight excluding hydrogens is 244 g/mol. The van der Waals surface area contributed by atoms with Gasteiger partial charge in [-0.1, -0.05) is 13.5 Å². The minimum atomic E-state index is -0.505. The molecule has 0 unspecified atom stereocenters. The third-order valence-corrected chi connectivity index (χ3v) is 4.07. The van der Waals surface area contributed by atoms with E-state index in [-0.39, 0.29) is 11.4 Å². The Balaban J connectivity index is 3.01. The molecule has 1 saturated carbocycles. The van der Waals surface area contributed by atoms with Crippen LogP contribution in [0.25, 0.3) is 0 Å². The van der Waals surface area contributed by atoms with Gasteiger partial charge in [-0.2, -0.15) is 0 Å². The average molecular weight is 270 g/mol. The molecule has 0 N–H and O–H groups in total. The number of hydrogen-bond donors (Lipinski definition) is 0. The number of carbonyl (C=O) groups is 1. The topological polar surface area (TPSA) is 44.8 Å². The van der Waals surface area contributed by atoms with Crippen molar-refractivity contribution < 1.29 is 19.0 Å². The Morgan fingerprint density at radius 1 is 1.21 bits per heavy atom. The summed E-state index contributed by atoms with van der Waals surface area (Å²) in [5.41, 5.74) is -0.406. The number of hydrogen-bond acceptors (Lipinski definition) is 4. The fourth-order valence-electron chi connectivity index (χ4n) is 2.98. The minimum absolute atomic E-state index is 0.319. The fraction of sp³-hybridized carbons (Fsp3) is 0.800. The number of carbonyl (C=O) groups excluding carboxylic acids is 1. The van der Waals surface area contributed by atoms with Crippen LogP contribution in [-0.4, -0.2) is 39.0 Å². The monoisotopic (exact) mass is 270 g/mol. The number of rotatable bonds is 7. The van der Waals surface area contributed by atoms with Crippen molar-refractivity contribution in [2.75, 3.05) is 27.4 Å². The second-order valence-corrected chi connectivity index (χ2v) is 5.80. The van der Waals surface area contributed by atoms with Gasteiger partial charge >= 0.3 is 5.97 Å². The molecule has 1 fully saturated rings. The van der Waals surface area contributed by atoms with Crippen LogP contribution in [0.3, 0.4) is 0 Å². The predicted molar refractivity (Wildman–Crippen MR) is 74.0 cm³/mol. The van der Waals surface area contributed by atoms with Crippen molar-refractivity contribution in [3.05, 3.63) is 12.2 Å². The zero-order valence-electron chi connectivity index (χ0n) is 12.6. The summed E-state index contributed by atoms with van der Waals surface area (Å²) in [6.07, 6.45) is 3.84. The first-order valence-corrected chi connectivity index (χ1v) is 6.77. The van der Waals surface area contributed by atoms with Crippen LogP contribution in [0.15, 0.2) is 12.2 Å². The summed E-state index contributed by atoms with van der Waals surface area (Å²) >= 11 is 0. The second-order valence-electron chi connectivity index (χ2n) is 5.80. The molecule has 110 valence electrons. The van der Waals surface area contributed by atoms with Crippen LogP contribution >= 0.6 is 0 Å². The van der Waals surface area contributed by atoms with Gasteiger partial charge in [0.25, 0.3) is 0 Å². The fourth-order valence-corrected chi connectivity index (χ4v) is 2.98. The quantitative estimate of drug-likeness (QED) is 0.527. The molecule has 0 spiro atoms. The third-order valence-electron chi connectivity index (χ3n) is 4.07. The van der Waals surface area contributed by atoms with E-state index in [0.29, 0.717) is 18.8 Å². The molecule has 0 bridgehead atoms. The molecule has 1 rings (SSSR count). The van der Waals surface area contributed by atoms with Crippen molar-refractivity contribution >= 4 is 5.97 Å². The van der Waals surface area contributed by atoms with Crippen molar-refractivity contribution in [3.63, 3.8) is 0 Å². The first kappa shape index (κ1) is 16.2. The lowest BCUT2D eigenvalue weighted by molar-refractivity contribution is -0.184. The number of methoxy groups -OCH3 is 2. The van der Waals surface area contributed by atoms with E-state index in [1.54, 1.807) is 21.1 Å². The van der Waals surface area contributed by atoms with E-state index < -0.39 is 5.60 Å². The largest absolute Gasteiger partial charge is 0.455 e. The Hall–Kier alpha value is -0.870. The Bertz CT molecular complexity index is 323. The lowest BCUT2D eigenvalue weighted by Crippen LogP contribution is -2.53. The lowest BCUT2D eigenvalue weighted by atomic mass is 9.72. The molecule has 0 aromatic carbocycles. The van der Waals surface area contributed by atoms with E-state index in [4.69, 9.17) is 14.2 Å². The highest BCUT2D eigenvalue weighted by atomic mass is 16.6. The highest BCUT2D eigenvalue weighted by molar-refractivity contribution is 5.87. The molecule has 1 aliphatic rings. The van der Waals surface area contributed by atoms with Gasteiger partial charge in [0.2, 0.25) is 0 Å². The van der Waals surface area contributed by atoms with Crippen LogP contribution in [0.5, 0.6) is 0 Å². The first-order chi connectivity index (χ1) is 8.91. The van der Waals surface area contributed by atoms with Crippen LogP contribution in [0, 0.1) is 5.41 Å². The molecule has 0 heterocycles. The summed E-state index contributed by atoms with van der Waals surface area (Å²) in [6, 6.07) is 0. The molecule has 4 heteroatoms. The normalized spacial score (nSPS) is 18.3. The van der Waals surface area contributed by atoms with Crippen molar-refractivity contribution in [3.8, 4) is 0 Å². The maximum absolute atomic E-state index is 12.0. The summed E-state index contributed by atoms with van der Waals surface area (Å²) in [5.74, 6) is -0.319. The first-order valence-electron chi connectivity index (χ1n) is 6.77. The Labute approximate surface area is 116 Å². The van der Waals surface area contributed by atoms with E-state index in [9.17, 15) is 4.79 Å². The molecule has 0 aliphatic heterocycles. The van der Waals surface area contributed by atoms with Gasteiger partial charge in [0.15, 0.2) is 0 Å². The molecule has 0 saturated heterocycles. The van der Waals surface area contributed by atoms with Crippen LogP contribution in [0.1, 0.15) is 39.5 Å². The van der Waals surface area contributed by atoms with Gasteiger partial charge in [-0.15, -0.1) is 0 Å². The summed E-state index contributed by atoms with van der Waals surface area (Å²) < 4.78 is 16.5. The smallest absolute Gasteiger partial charge is 0.333 e. The lowest BCUT2D eigenvalue weighted by Gasteiger charge is -2.45. The molecular formula is C15H26O4. The molecule has 19 heavy (non-hydrogen) atoms. The van der Waals surface area contributed by atoms with E-state index in [1.165, 1.54) is 0 Å². The number of esters is 1. The molecule has 0 aromatic heterocycles. The Kier molecular flexibility index (Phi) is 5.56. The summed E-state index contributed by atoms with van der Waals surface area (Å²) in [6.45, 7) is 8.42. The standard InChI is InChI=1S/C15H26O4/c1-12(2)13(16)19-15(8-6-7-9-15)14(3,10-17-4)11-18-5/h1,6-11H2,2-5H3. The van der Waals surface area contributed by atoms with E-state index in [1.807, 2.05) is 0 Å². The average Bonchev–Trinajstić information content (AvgIpc) is 2.79. The van der Waals surface area contributed by atoms with Gasteiger partial charge < -0.3 is 14.2 Å². The zero-order valence-corrected chi connectivity index (χ0v) is 12.6. The van der Waals surface area contributed by atoms with Crippen molar-refractivity contribution in [2.24, 2.45) is 5.41 Å². The Morgan fingerprint density at radius 2 is 1.68 bits per heavy atom. The molecule has 0 amide bonds. The van der Waals surface area contributed by atoms with Crippen molar-refractivity contribution in [1.82, 2.24) is 0 Å². The SMILES string of the molecule is C=C(C)C(=O)OC1(C(C)(COC)COC)CCCC1. The van der Waals surface area contributed by atoms with Crippen molar-refractivity contribution in [1.29, 1.82) is 0 Å².